The summed E-state index contributed by atoms with van der Waals surface area (Å²) in [6.07, 6.45) is 8.21. The number of rotatable bonds is 3. The van der Waals surface area contributed by atoms with E-state index in [-0.39, 0.29) is 25.4 Å². The lowest BCUT2D eigenvalue weighted by Gasteiger charge is -2.30. The average Bonchev–Trinajstić information content (AvgIpc) is 2.97. The molecule has 0 saturated heterocycles. The Morgan fingerprint density at radius 3 is 2.66 bits per heavy atom. The standard InChI is InChI=1S/C26H31F2N2O2/c1-17-24(18(2)32-29-17)23-15-22-7-6-20(13-19-8-10-26(27,28)11-9-19)14-21(5-4-12-31)25(22)30(3)16-23/h14-16,19-20,31H,6-13H2,1-3H3/q+1. The number of halogens is 2. The molecule has 0 bridgehead atoms. The van der Waals surface area contributed by atoms with Gasteiger partial charge in [-0.15, -0.1) is 0 Å². The number of aliphatic hydroxyl groups excluding tert-OH is 1. The van der Waals surface area contributed by atoms with Gasteiger partial charge in [0.1, 0.15) is 19.4 Å². The maximum Gasteiger partial charge on any atom is 0.248 e. The molecule has 1 atom stereocenters. The Bertz CT molecular complexity index is 1060. The minimum atomic E-state index is -2.49. The van der Waals surface area contributed by atoms with E-state index in [2.05, 4.69) is 39.9 Å². The van der Waals surface area contributed by atoms with E-state index in [1.54, 1.807) is 0 Å². The molecule has 6 heteroatoms. The van der Waals surface area contributed by atoms with Crippen LogP contribution < -0.4 is 4.57 Å². The van der Waals surface area contributed by atoms with E-state index in [0.29, 0.717) is 18.8 Å². The molecule has 32 heavy (non-hydrogen) atoms. The smallest absolute Gasteiger partial charge is 0.248 e. The Kier molecular flexibility index (Phi) is 6.48. The number of aliphatic hydroxyl groups is 1. The first-order valence-electron chi connectivity index (χ1n) is 11.4. The molecule has 2 aliphatic rings. The molecule has 0 aliphatic heterocycles. The number of aromatic nitrogens is 2. The Labute approximate surface area is 188 Å². The van der Waals surface area contributed by atoms with Crippen LogP contribution in [-0.2, 0) is 13.5 Å². The summed E-state index contributed by atoms with van der Waals surface area (Å²) in [5, 5.41) is 13.4. The van der Waals surface area contributed by atoms with Crippen LogP contribution in [0.15, 0.2) is 22.9 Å². The van der Waals surface area contributed by atoms with Gasteiger partial charge in [-0.2, -0.15) is 4.57 Å². The van der Waals surface area contributed by atoms with Crippen LogP contribution in [0, 0.1) is 37.5 Å². The van der Waals surface area contributed by atoms with Gasteiger partial charge in [0.2, 0.25) is 11.6 Å². The molecule has 1 fully saturated rings. The van der Waals surface area contributed by atoms with Crippen molar-refractivity contribution in [2.24, 2.45) is 18.9 Å². The molecule has 1 unspecified atom stereocenters. The molecule has 2 aliphatic carbocycles. The largest absolute Gasteiger partial charge is 0.384 e. The van der Waals surface area contributed by atoms with Crippen molar-refractivity contribution in [2.45, 2.75) is 64.7 Å². The summed E-state index contributed by atoms with van der Waals surface area (Å²) in [6, 6.07) is 2.19. The Hall–Kier alpha value is -2.52. The molecular weight excluding hydrogens is 410 g/mol. The maximum atomic E-state index is 13.6. The van der Waals surface area contributed by atoms with Gasteiger partial charge in [-0.3, -0.25) is 0 Å². The number of fused-ring (bicyclic) bond motifs is 1. The number of hydrogen-bond donors (Lipinski definition) is 1. The van der Waals surface area contributed by atoms with Crippen LogP contribution in [0.3, 0.4) is 0 Å². The van der Waals surface area contributed by atoms with Crippen molar-refractivity contribution < 1.29 is 23.0 Å². The zero-order valence-corrected chi connectivity index (χ0v) is 19.0. The first kappa shape index (κ1) is 22.7. The fraction of sp³-hybridized carbons (Fsp3) is 0.538. The van der Waals surface area contributed by atoms with Crippen LogP contribution in [0.2, 0.25) is 0 Å². The minimum Gasteiger partial charge on any atom is -0.384 e. The fourth-order valence-corrected chi connectivity index (χ4v) is 5.30. The first-order chi connectivity index (χ1) is 15.3. The molecule has 170 valence electrons. The maximum absolute atomic E-state index is 13.6. The molecule has 1 N–H and O–H groups in total. The third-order valence-electron chi connectivity index (χ3n) is 6.86. The zero-order chi connectivity index (χ0) is 22.9. The van der Waals surface area contributed by atoms with E-state index in [1.165, 1.54) is 5.56 Å². The molecule has 4 rings (SSSR count). The quantitative estimate of drug-likeness (QED) is 0.542. The highest BCUT2D eigenvalue weighted by Crippen LogP contribution is 2.40. The summed E-state index contributed by atoms with van der Waals surface area (Å²) in [6.45, 7) is 3.66. The third kappa shape index (κ3) is 4.78. The van der Waals surface area contributed by atoms with Crippen LogP contribution >= 0.6 is 0 Å². The zero-order valence-electron chi connectivity index (χ0n) is 19.0. The van der Waals surface area contributed by atoms with Gasteiger partial charge in [-0.1, -0.05) is 23.1 Å². The molecule has 0 amide bonds. The lowest BCUT2D eigenvalue weighted by atomic mass is 9.80. The van der Waals surface area contributed by atoms with Crippen molar-refractivity contribution >= 4 is 5.57 Å². The van der Waals surface area contributed by atoms with Crippen molar-refractivity contribution in [2.75, 3.05) is 6.61 Å². The predicted molar refractivity (Wildman–Crippen MR) is 119 cm³/mol. The van der Waals surface area contributed by atoms with E-state index >= 15 is 0 Å². The second kappa shape index (κ2) is 9.15. The number of hydrogen-bond acceptors (Lipinski definition) is 3. The molecule has 0 radical (unpaired) electrons. The summed E-state index contributed by atoms with van der Waals surface area (Å²) in [5.74, 6) is 4.87. The molecule has 2 heterocycles. The summed E-state index contributed by atoms with van der Waals surface area (Å²) < 4.78 is 34.6. The lowest BCUT2D eigenvalue weighted by molar-refractivity contribution is -0.673. The van der Waals surface area contributed by atoms with Gasteiger partial charge in [0.25, 0.3) is 0 Å². The van der Waals surface area contributed by atoms with E-state index in [0.717, 1.165) is 53.1 Å². The fourth-order valence-electron chi connectivity index (χ4n) is 5.30. The molecular formula is C26H31F2N2O2+. The number of aryl methyl sites for hydroxylation is 4. The van der Waals surface area contributed by atoms with Crippen LogP contribution in [-0.4, -0.2) is 22.8 Å². The predicted octanol–water partition coefficient (Wildman–Crippen LogP) is 4.94. The lowest BCUT2D eigenvalue weighted by Crippen LogP contribution is -2.34. The molecule has 4 nitrogen and oxygen atoms in total. The Balaban J connectivity index is 1.66. The van der Waals surface area contributed by atoms with Gasteiger partial charge in [0, 0.05) is 18.4 Å². The van der Waals surface area contributed by atoms with Crippen molar-refractivity contribution in [3.63, 3.8) is 0 Å². The van der Waals surface area contributed by atoms with Gasteiger partial charge in [0.05, 0.1) is 22.4 Å². The second-order valence-electron chi connectivity index (χ2n) is 9.29. The van der Waals surface area contributed by atoms with Gasteiger partial charge < -0.3 is 9.63 Å². The van der Waals surface area contributed by atoms with Crippen LogP contribution in [0.25, 0.3) is 16.7 Å². The first-order valence-corrected chi connectivity index (χ1v) is 11.4. The number of allylic oxidation sites excluding steroid dienone is 2. The number of nitrogens with zero attached hydrogens (tertiary/aromatic N) is 2. The van der Waals surface area contributed by atoms with Crippen LogP contribution in [0.5, 0.6) is 0 Å². The Morgan fingerprint density at radius 1 is 1.25 bits per heavy atom. The summed E-state index contributed by atoms with van der Waals surface area (Å²) in [4.78, 5) is 0. The molecule has 0 aromatic carbocycles. The second-order valence-corrected chi connectivity index (χ2v) is 9.29. The summed E-state index contributed by atoms with van der Waals surface area (Å²) in [7, 11) is 2.01. The molecule has 2 aromatic heterocycles. The Morgan fingerprint density at radius 2 is 2.00 bits per heavy atom. The summed E-state index contributed by atoms with van der Waals surface area (Å²) >= 11 is 0. The molecule has 1 saturated carbocycles. The van der Waals surface area contributed by atoms with Crippen molar-refractivity contribution in [1.82, 2.24) is 5.16 Å². The van der Waals surface area contributed by atoms with Gasteiger partial charge >= 0.3 is 0 Å². The highest BCUT2D eigenvalue weighted by Gasteiger charge is 2.36. The van der Waals surface area contributed by atoms with Crippen LogP contribution in [0.4, 0.5) is 8.78 Å². The molecule has 0 spiro atoms. The minimum absolute atomic E-state index is 0.00125. The van der Waals surface area contributed by atoms with Gasteiger partial charge in [-0.25, -0.2) is 8.78 Å². The van der Waals surface area contributed by atoms with E-state index in [9.17, 15) is 13.9 Å². The average molecular weight is 442 g/mol. The number of pyridine rings is 1. The molecule has 2 aromatic rings. The van der Waals surface area contributed by atoms with Gasteiger partial charge in [-0.05, 0) is 63.9 Å². The SMILES string of the molecule is Cc1noc(C)c1-c1cc2c([n+](C)c1)C(C#CCO)=CC(CC1CCC(F)(F)CC1)CC2. The van der Waals surface area contributed by atoms with E-state index in [4.69, 9.17) is 4.52 Å². The van der Waals surface area contributed by atoms with Crippen molar-refractivity contribution in [3.05, 3.63) is 41.1 Å². The van der Waals surface area contributed by atoms with Crippen molar-refractivity contribution in [3.8, 4) is 23.0 Å². The highest BCUT2D eigenvalue weighted by atomic mass is 19.3. The van der Waals surface area contributed by atoms with E-state index < -0.39 is 5.92 Å². The van der Waals surface area contributed by atoms with Gasteiger partial charge in [0.15, 0.2) is 6.20 Å². The topological polar surface area (TPSA) is 50.1 Å². The normalized spacial score (nSPS) is 20.7. The number of alkyl halides is 2. The van der Waals surface area contributed by atoms with Crippen LogP contribution in [0.1, 0.15) is 61.2 Å². The third-order valence-corrected chi connectivity index (χ3v) is 6.86. The van der Waals surface area contributed by atoms with E-state index in [1.807, 2.05) is 20.9 Å². The van der Waals surface area contributed by atoms with Crippen molar-refractivity contribution in [1.29, 1.82) is 0 Å². The highest BCUT2D eigenvalue weighted by molar-refractivity contribution is 5.79. The summed E-state index contributed by atoms with van der Waals surface area (Å²) in [5.41, 5.74) is 6.09. The monoisotopic (exact) mass is 441 g/mol.